The number of hydrogen-bond donors (Lipinski definition) is 1. The molecule has 0 fully saturated rings. The van der Waals surface area contributed by atoms with Gasteiger partial charge in [-0.25, -0.2) is 10.2 Å². The molecular formula is C23H19N3O6. The lowest BCUT2D eigenvalue weighted by Crippen LogP contribution is -2.24. The lowest BCUT2D eigenvalue weighted by Gasteiger charge is -2.10. The van der Waals surface area contributed by atoms with E-state index in [-0.39, 0.29) is 18.1 Å². The van der Waals surface area contributed by atoms with Crippen LogP contribution in [0.25, 0.3) is 0 Å². The summed E-state index contributed by atoms with van der Waals surface area (Å²) in [5.41, 5.74) is 3.27. The van der Waals surface area contributed by atoms with Gasteiger partial charge in [-0.15, -0.1) is 0 Å². The molecule has 162 valence electrons. The zero-order valence-electron chi connectivity index (χ0n) is 17.1. The standard InChI is InChI=1S/C23H19N3O6/c1-2-29-21-12-16(9-10-19(21)32-23(28)20-8-5-11-30-20)14-25-26-22(27)15-31-18-7-4-3-6-17(18)13-24/h3-12,14H,2,15H2,1H3,(H,26,27)/b25-14-. The average molecular weight is 433 g/mol. The third kappa shape index (κ3) is 5.96. The first-order chi connectivity index (χ1) is 15.6. The Labute approximate surface area is 183 Å². The maximum Gasteiger partial charge on any atom is 0.379 e. The maximum absolute atomic E-state index is 12.1. The lowest BCUT2D eigenvalue weighted by atomic mass is 10.2. The van der Waals surface area contributed by atoms with Crippen molar-refractivity contribution < 1.29 is 28.2 Å². The van der Waals surface area contributed by atoms with Crippen LogP contribution in [0.3, 0.4) is 0 Å². The molecule has 0 aliphatic heterocycles. The molecule has 0 bridgehead atoms. The van der Waals surface area contributed by atoms with Crippen molar-refractivity contribution in [3.63, 3.8) is 0 Å². The third-order valence-corrected chi connectivity index (χ3v) is 3.96. The number of benzene rings is 2. The van der Waals surface area contributed by atoms with E-state index < -0.39 is 11.9 Å². The first kappa shape index (κ1) is 22.1. The van der Waals surface area contributed by atoms with Crippen LogP contribution in [-0.2, 0) is 4.79 Å². The molecule has 0 atom stereocenters. The fraction of sp³-hybridized carbons (Fsp3) is 0.130. The summed E-state index contributed by atoms with van der Waals surface area (Å²) in [5.74, 6) is -0.209. The zero-order valence-corrected chi connectivity index (χ0v) is 17.1. The highest BCUT2D eigenvalue weighted by atomic mass is 16.6. The molecule has 9 nitrogen and oxygen atoms in total. The van der Waals surface area contributed by atoms with Crippen LogP contribution in [0.4, 0.5) is 0 Å². The number of nitriles is 1. The Hall–Kier alpha value is -4.58. The van der Waals surface area contributed by atoms with Crippen LogP contribution in [0.15, 0.2) is 70.4 Å². The van der Waals surface area contributed by atoms with E-state index in [0.717, 1.165) is 0 Å². The van der Waals surface area contributed by atoms with E-state index in [1.165, 1.54) is 18.5 Å². The van der Waals surface area contributed by atoms with Gasteiger partial charge in [-0.2, -0.15) is 10.4 Å². The van der Waals surface area contributed by atoms with Gasteiger partial charge in [0, 0.05) is 0 Å². The highest BCUT2D eigenvalue weighted by Crippen LogP contribution is 2.29. The number of nitrogens with one attached hydrogen (secondary N) is 1. The monoisotopic (exact) mass is 433 g/mol. The highest BCUT2D eigenvalue weighted by molar-refractivity contribution is 5.89. The molecule has 3 aromatic rings. The van der Waals surface area contributed by atoms with E-state index in [0.29, 0.717) is 29.2 Å². The van der Waals surface area contributed by atoms with Gasteiger partial charge in [0.25, 0.3) is 5.91 Å². The number of ether oxygens (including phenoxy) is 3. The van der Waals surface area contributed by atoms with Crippen LogP contribution in [0.5, 0.6) is 17.2 Å². The minimum Gasteiger partial charge on any atom is -0.490 e. The second kappa shape index (κ2) is 11.0. The predicted octanol–water partition coefficient (Wildman–Crippen LogP) is 3.30. The summed E-state index contributed by atoms with van der Waals surface area (Å²) in [5, 5.41) is 12.9. The highest BCUT2D eigenvalue weighted by Gasteiger charge is 2.15. The molecule has 0 saturated carbocycles. The number of esters is 1. The normalized spacial score (nSPS) is 10.4. The third-order valence-electron chi connectivity index (χ3n) is 3.96. The molecule has 1 aromatic heterocycles. The van der Waals surface area contributed by atoms with Crippen molar-refractivity contribution in [3.8, 4) is 23.3 Å². The van der Waals surface area contributed by atoms with E-state index in [1.54, 1.807) is 55.5 Å². The molecule has 1 N–H and O–H groups in total. The summed E-state index contributed by atoms with van der Waals surface area (Å²) in [6, 6.07) is 16.5. The minimum atomic E-state index is -0.650. The summed E-state index contributed by atoms with van der Waals surface area (Å²) < 4.78 is 21.2. The van der Waals surface area contributed by atoms with E-state index >= 15 is 0 Å². The average Bonchev–Trinajstić information content (AvgIpc) is 3.35. The number of carbonyl (C=O) groups is 2. The number of hydrogen-bond acceptors (Lipinski definition) is 8. The topological polar surface area (TPSA) is 123 Å². The Kier molecular flexibility index (Phi) is 7.59. The second-order valence-electron chi connectivity index (χ2n) is 6.20. The van der Waals surface area contributed by atoms with Crippen LogP contribution >= 0.6 is 0 Å². The van der Waals surface area contributed by atoms with Gasteiger partial charge in [0.05, 0.1) is 24.6 Å². The number of carbonyl (C=O) groups excluding carboxylic acids is 2. The summed E-state index contributed by atoms with van der Waals surface area (Å²) in [4.78, 5) is 24.0. The zero-order chi connectivity index (χ0) is 22.8. The second-order valence-corrected chi connectivity index (χ2v) is 6.20. The Morgan fingerprint density at radius 2 is 1.94 bits per heavy atom. The summed E-state index contributed by atoms with van der Waals surface area (Å²) in [7, 11) is 0. The molecule has 3 rings (SSSR count). The van der Waals surface area contributed by atoms with E-state index in [9.17, 15) is 9.59 Å². The Balaban J connectivity index is 1.59. The van der Waals surface area contributed by atoms with Gasteiger partial charge >= 0.3 is 5.97 Å². The molecule has 1 heterocycles. The number of amides is 1. The first-order valence-electron chi connectivity index (χ1n) is 9.57. The fourth-order valence-electron chi connectivity index (χ4n) is 2.54. The Bertz CT molecular complexity index is 1150. The Morgan fingerprint density at radius 3 is 2.69 bits per heavy atom. The maximum atomic E-state index is 12.1. The molecule has 32 heavy (non-hydrogen) atoms. The van der Waals surface area contributed by atoms with Crippen molar-refractivity contribution >= 4 is 18.1 Å². The van der Waals surface area contributed by atoms with Gasteiger partial charge in [0.15, 0.2) is 18.1 Å². The van der Waals surface area contributed by atoms with Gasteiger partial charge in [0.2, 0.25) is 5.76 Å². The quantitative estimate of drug-likeness (QED) is 0.238. The summed E-state index contributed by atoms with van der Waals surface area (Å²) in [6.45, 7) is 1.84. The molecular weight excluding hydrogens is 414 g/mol. The molecule has 1 amide bonds. The summed E-state index contributed by atoms with van der Waals surface area (Å²) >= 11 is 0. The SMILES string of the molecule is CCOc1cc(/C=N\NC(=O)COc2ccccc2C#N)ccc1OC(=O)c1ccco1. The number of rotatable bonds is 9. The van der Waals surface area contributed by atoms with Gasteiger partial charge in [0.1, 0.15) is 11.8 Å². The Morgan fingerprint density at radius 1 is 1.09 bits per heavy atom. The van der Waals surface area contributed by atoms with Gasteiger partial charge < -0.3 is 18.6 Å². The van der Waals surface area contributed by atoms with Crippen molar-refractivity contribution in [1.82, 2.24) is 5.43 Å². The largest absolute Gasteiger partial charge is 0.490 e. The van der Waals surface area contributed by atoms with Crippen LogP contribution in [0.2, 0.25) is 0 Å². The molecule has 0 saturated heterocycles. The van der Waals surface area contributed by atoms with Crippen molar-refractivity contribution in [3.05, 3.63) is 77.7 Å². The van der Waals surface area contributed by atoms with Crippen LogP contribution in [-0.4, -0.2) is 31.3 Å². The lowest BCUT2D eigenvalue weighted by molar-refractivity contribution is -0.123. The van der Waals surface area contributed by atoms with E-state index in [4.69, 9.17) is 23.9 Å². The number of hydrazone groups is 1. The van der Waals surface area contributed by atoms with E-state index in [2.05, 4.69) is 10.5 Å². The fourth-order valence-corrected chi connectivity index (χ4v) is 2.54. The van der Waals surface area contributed by atoms with Crippen LogP contribution in [0, 0.1) is 11.3 Å². The minimum absolute atomic E-state index is 0.0698. The van der Waals surface area contributed by atoms with Crippen molar-refractivity contribution in [2.75, 3.05) is 13.2 Å². The molecule has 0 aliphatic carbocycles. The molecule has 0 spiro atoms. The molecule has 2 aromatic carbocycles. The first-order valence-corrected chi connectivity index (χ1v) is 9.57. The molecule has 0 radical (unpaired) electrons. The van der Waals surface area contributed by atoms with E-state index in [1.807, 2.05) is 6.07 Å². The van der Waals surface area contributed by atoms with Crippen molar-refractivity contribution in [2.45, 2.75) is 6.92 Å². The van der Waals surface area contributed by atoms with Crippen molar-refractivity contribution in [2.24, 2.45) is 5.10 Å². The van der Waals surface area contributed by atoms with Gasteiger partial charge in [-0.3, -0.25) is 4.79 Å². The van der Waals surface area contributed by atoms with Crippen LogP contribution in [0.1, 0.15) is 28.6 Å². The molecule has 0 unspecified atom stereocenters. The number of nitrogens with zero attached hydrogens (tertiary/aromatic N) is 2. The summed E-state index contributed by atoms with van der Waals surface area (Å²) in [6.07, 6.45) is 2.78. The number of para-hydroxylation sites is 1. The predicted molar refractivity (Wildman–Crippen MR) is 114 cm³/mol. The number of furan rings is 1. The van der Waals surface area contributed by atoms with Gasteiger partial charge in [-0.05, 0) is 55.0 Å². The molecule has 9 heteroatoms. The molecule has 0 aliphatic rings. The smallest absolute Gasteiger partial charge is 0.379 e. The van der Waals surface area contributed by atoms with Crippen molar-refractivity contribution in [1.29, 1.82) is 5.26 Å². The van der Waals surface area contributed by atoms with Gasteiger partial charge in [-0.1, -0.05) is 12.1 Å². The van der Waals surface area contributed by atoms with Crippen LogP contribution < -0.4 is 19.6 Å².